The van der Waals surface area contributed by atoms with Crippen molar-refractivity contribution >= 4 is 0 Å². The lowest BCUT2D eigenvalue weighted by molar-refractivity contribution is 0.0240. The van der Waals surface area contributed by atoms with Gasteiger partial charge in [-0.3, -0.25) is 0 Å². The SMILES string of the molecule is CCCCC1CC(C(CC)(CC)C2CC(C)C3C=CC=CC32)C2C=CC=CC12. The van der Waals surface area contributed by atoms with Crippen molar-refractivity contribution in [1.29, 1.82) is 0 Å². The van der Waals surface area contributed by atoms with Crippen molar-refractivity contribution in [2.45, 2.75) is 72.6 Å². The standard InChI is InChI=1S/C28H42/c1-5-8-13-21-19-27(25-17-12-10-15-23(21)25)28(6-2,7-3)26-18-20(4)22-14-9-11-16-24(22)26/h9-12,14-17,20-27H,5-8,13,18-19H2,1-4H3. The molecule has 8 unspecified atom stereocenters. The van der Waals surface area contributed by atoms with Gasteiger partial charge in [0.15, 0.2) is 0 Å². The second kappa shape index (κ2) is 8.37. The highest BCUT2D eigenvalue weighted by Gasteiger charge is 2.56. The van der Waals surface area contributed by atoms with Crippen LogP contribution in [-0.2, 0) is 0 Å². The molecule has 0 bridgehead atoms. The van der Waals surface area contributed by atoms with Crippen LogP contribution in [0.1, 0.15) is 72.6 Å². The van der Waals surface area contributed by atoms with Crippen molar-refractivity contribution < 1.29 is 0 Å². The Morgan fingerprint density at radius 2 is 1.25 bits per heavy atom. The van der Waals surface area contributed by atoms with Crippen molar-refractivity contribution in [2.75, 3.05) is 0 Å². The van der Waals surface area contributed by atoms with E-state index in [9.17, 15) is 0 Å². The monoisotopic (exact) mass is 378 g/mol. The van der Waals surface area contributed by atoms with Crippen LogP contribution in [0, 0.1) is 52.8 Å². The van der Waals surface area contributed by atoms with Crippen LogP contribution in [0.5, 0.6) is 0 Å². The zero-order chi connectivity index (χ0) is 19.7. The summed E-state index contributed by atoms with van der Waals surface area (Å²) in [6, 6.07) is 0. The van der Waals surface area contributed by atoms with Gasteiger partial charge < -0.3 is 0 Å². The molecule has 8 atom stereocenters. The normalized spacial score (nSPS) is 41.4. The second-order valence-electron chi connectivity index (χ2n) is 10.4. The van der Waals surface area contributed by atoms with E-state index < -0.39 is 0 Å². The first-order valence-corrected chi connectivity index (χ1v) is 12.4. The molecule has 0 aromatic rings. The summed E-state index contributed by atoms with van der Waals surface area (Å²) >= 11 is 0. The Bertz CT molecular complexity index is 643. The molecule has 154 valence electrons. The molecule has 0 spiro atoms. The number of hydrogen-bond donors (Lipinski definition) is 0. The van der Waals surface area contributed by atoms with Gasteiger partial charge in [0.25, 0.3) is 0 Å². The molecule has 28 heavy (non-hydrogen) atoms. The first kappa shape index (κ1) is 20.2. The number of rotatable bonds is 7. The molecule has 4 rings (SSSR count). The summed E-state index contributed by atoms with van der Waals surface area (Å²) in [6.07, 6.45) is 29.4. The van der Waals surface area contributed by atoms with Gasteiger partial charge in [0.1, 0.15) is 0 Å². The number of hydrogen-bond acceptors (Lipinski definition) is 0. The highest BCUT2D eigenvalue weighted by atomic mass is 14.6. The van der Waals surface area contributed by atoms with Crippen LogP contribution in [0.15, 0.2) is 48.6 Å². The Labute approximate surface area is 174 Å². The summed E-state index contributed by atoms with van der Waals surface area (Å²) in [5.41, 5.74) is 0.503. The summed E-state index contributed by atoms with van der Waals surface area (Å²) < 4.78 is 0. The molecule has 0 aromatic heterocycles. The number of unbranched alkanes of at least 4 members (excludes halogenated alkanes) is 1. The molecule has 0 N–H and O–H groups in total. The Morgan fingerprint density at radius 3 is 1.86 bits per heavy atom. The zero-order valence-corrected chi connectivity index (χ0v) is 18.7. The van der Waals surface area contributed by atoms with Crippen LogP contribution in [0.25, 0.3) is 0 Å². The highest BCUT2D eigenvalue weighted by Crippen LogP contribution is 2.63. The van der Waals surface area contributed by atoms with Crippen molar-refractivity contribution in [2.24, 2.45) is 52.8 Å². The molecule has 0 radical (unpaired) electrons. The average Bonchev–Trinajstić information content (AvgIpc) is 3.28. The second-order valence-corrected chi connectivity index (χ2v) is 10.4. The first-order valence-electron chi connectivity index (χ1n) is 12.4. The minimum atomic E-state index is 0.503. The maximum absolute atomic E-state index is 2.60. The molecule has 0 amide bonds. The third-order valence-electron chi connectivity index (χ3n) is 9.48. The lowest BCUT2D eigenvalue weighted by Gasteiger charge is -2.48. The predicted molar refractivity (Wildman–Crippen MR) is 122 cm³/mol. The molecule has 0 nitrogen and oxygen atoms in total. The Kier molecular flexibility index (Phi) is 6.05. The van der Waals surface area contributed by atoms with E-state index >= 15 is 0 Å². The van der Waals surface area contributed by atoms with E-state index in [4.69, 9.17) is 0 Å². The van der Waals surface area contributed by atoms with Gasteiger partial charge in [-0.1, -0.05) is 89.1 Å². The van der Waals surface area contributed by atoms with E-state index in [0.29, 0.717) is 5.41 Å². The minimum absolute atomic E-state index is 0.503. The summed E-state index contributed by atoms with van der Waals surface area (Å²) in [5, 5.41) is 0. The Balaban J connectivity index is 1.67. The smallest absolute Gasteiger partial charge is 0.0131 e. The third-order valence-corrected chi connectivity index (χ3v) is 9.48. The van der Waals surface area contributed by atoms with Crippen LogP contribution in [0.4, 0.5) is 0 Å². The lowest BCUT2D eigenvalue weighted by Crippen LogP contribution is -2.41. The average molecular weight is 379 g/mol. The maximum atomic E-state index is 2.60. The van der Waals surface area contributed by atoms with Crippen LogP contribution < -0.4 is 0 Å². The van der Waals surface area contributed by atoms with Gasteiger partial charge in [-0.15, -0.1) is 0 Å². The molecule has 0 heterocycles. The van der Waals surface area contributed by atoms with Gasteiger partial charge in [-0.25, -0.2) is 0 Å². The molecule has 0 aliphatic heterocycles. The van der Waals surface area contributed by atoms with Gasteiger partial charge in [-0.05, 0) is 84.9 Å². The molecule has 4 aliphatic rings. The van der Waals surface area contributed by atoms with Gasteiger partial charge in [-0.2, -0.15) is 0 Å². The molecule has 2 fully saturated rings. The van der Waals surface area contributed by atoms with Gasteiger partial charge in [0.05, 0.1) is 0 Å². The molecule has 0 saturated heterocycles. The highest BCUT2D eigenvalue weighted by molar-refractivity contribution is 5.24. The molecule has 4 aliphatic carbocycles. The molecular formula is C28H42. The minimum Gasteiger partial charge on any atom is -0.0806 e. The Hall–Kier alpha value is -1.04. The largest absolute Gasteiger partial charge is 0.0806 e. The third kappa shape index (κ3) is 3.20. The fourth-order valence-corrected chi connectivity index (χ4v) is 8.07. The quantitative estimate of drug-likeness (QED) is 0.421. The van der Waals surface area contributed by atoms with Gasteiger partial charge in [0.2, 0.25) is 0 Å². The molecule has 0 heteroatoms. The van der Waals surface area contributed by atoms with E-state index in [1.165, 1.54) is 44.9 Å². The fraction of sp³-hybridized carbons (Fsp3) is 0.714. The summed E-state index contributed by atoms with van der Waals surface area (Å²) in [7, 11) is 0. The van der Waals surface area contributed by atoms with E-state index in [2.05, 4.69) is 76.3 Å². The zero-order valence-electron chi connectivity index (χ0n) is 18.7. The number of fused-ring (bicyclic) bond motifs is 2. The number of allylic oxidation sites excluding steroid dienone is 8. The Morgan fingerprint density at radius 1 is 0.714 bits per heavy atom. The van der Waals surface area contributed by atoms with Crippen molar-refractivity contribution in [3.8, 4) is 0 Å². The van der Waals surface area contributed by atoms with Crippen LogP contribution >= 0.6 is 0 Å². The van der Waals surface area contributed by atoms with E-state index in [1.54, 1.807) is 0 Å². The molecular weight excluding hydrogens is 336 g/mol. The van der Waals surface area contributed by atoms with E-state index in [0.717, 1.165) is 47.3 Å². The molecule has 0 aromatic carbocycles. The summed E-state index contributed by atoms with van der Waals surface area (Å²) in [4.78, 5) is 0. The van der Waals surface area contributed by atoms with Gasteiger partial charge >= 0.3 is 0 Å². The van der Waals surface area contributed by atoms with Crippen molar-refractivity contribution in [3.63, 3.8) is 0 Å². The van der Waals surface area contributed by atoms with Crippen LogP contribution in [0.2, 0.25) is 0 Å². The predicted octanol–water partition coefficient (Wildman–Crippen LogP) is 7.99. The van der Waals surface area contributed by atoms with Gasteiger partial charge in [0, 0.05) is 0 Å². The van der Waals surface area contributed by atoms with Crippen LogP contribution in [-0.4, -0.2) is 0 Å². The topological polar surface area (TPSA) is 0 Å². The molecule has 2 saturated carbocycles. The van der Waals surface area contributed by atoms with E-state index in [1.807, 2.05) is 0 Å². The van der Waals surface area contributed by atoms with Crippen molar-refractivity contribution in [1.82, 2.24) is 0 Å². The van der Waals surface area contributed by atoms with Crippen molar-refractivity contribution in [3.05, 3.63) is 48.6 Å². The fourth-order valence-electron chi connectivity index (χ4n) is 8.07. The first-order chi connectivity index (χ1) is 13.7. The lowest BCUT2D eigenvalue weighted by atomic mass is 9.56. The summed E-state index contributed by atoms with van der Waals surface area (Å²) in [6.45, 7) is 9.90. The maximum Gasteiger partial charge on any atom is -0.0131 e. The van der Waals surface area contributed by atoms with E-state index in [-0.39, 0.29) is 0 Å². The van der Waals surface area contributed by atoms with Crippen LogP contribution in [0.3, 0.4) is 0 Å². The summed E-state index contributed by atoms with van der Waals surface area (Å²) in [5.74, 6) is 6.61.